The Balaban J connectivity index is 1.64. The first kappa shape index (κ1) is 24.2. The van der Waals surface area contributed by atoms with Gasteiger partial charge in [-0.2, -0.15) is 0 Å². The van der Waals surface area contributed by atoms with Gasteiger partial charge in [-0.3, -0.25) is 9.59 Å². The van der Waals surface area contributed by atoms with Gasteiger partial charge < -0.3 is 20.9 Å². The molecule has 32 heavy (non-hydrogen) atoms. The van der Waals surface area contributed by atoms with Gasteiger partial charge in [0, 0.05) is 31.2 Å². The Kier molecular flexibility index (Phi) is 9.06. The van der Waals surface area contributed by atoms with Crippen LogP contribution >= 0.6 is 0 Å². The van der Waals surface area contributed by atoms with E-state index in [9.17, 15) is 9.59 Å². The molecule has 2 atom stereocenters. The lowest BCUT2D eigenvalue weighted by Crippen LogP contribution is -2.50. The highest BCUT2D eigenvalue weighted by atomic mass is 16.2. The summed E-state index contributed by atoms with van der Waals surface area (Å²) in [6.45, 7) is 7.22. The molecule has 0 radical (unpaired) electrons. The molecular weight excluding hydrogens is 400 g/mol. The molecule has 1 aliphatic heterocycles. The molecule has 2 amide bonds. The predicted molar refractivity (Wildman–Crippen MR) is 131 cm³/mol. The van der Waals surface area contributed by atoms with Gasteiger partial charge >= 0.3 is 0 Å². The summed E-state index contributed by atoms with van der Waals surface area (Å²) < 4.78 is 0. The largest absolute Gasteiger partial charge is 0.350 e. The summed E-state index contributed by atoms with van der Waals surface area (Å²) in [7, 11) is 1.91. The summed E-state index contributed by atoms with van der Waals surface area (Å²) in [5, 5.41) is 11.9. The van der Waals surface area contributed by atoms with E-state index in [1.165, 1.54) is 0 Å². The normalized spacial score (nSPS) is 19.4. The lowest BCUT2D eigenvalue weighted by atomic mass is 10.0. The van der Waals surface area contributed by atoms with Crippen LogP contribution in [0.5, 0.6) is 0 Å². The molecule has 2 unspecified atom stereocenters. The number of nitrogens with one attached hydrogen (secondary N) is 3. The minimum atomic E-state index is -0.220. The van der Waals surface area contributed by atoms with Crippen LogP contribution in [0, 0.1) is 5.92 Å². The molecule has 6 heteroatoms. The number of nitrogens with zero attached hydrogens (tertiary/aromatic N) is 1. The second-order valence-corrected chi connectivity index (χ2v) is 8.84. The summed E-state index contributed by atoms with van der Waals surface area (Å²) in [6, 6.07) is 13.7. The predicted octanol–water partition coefficient (Wildman–Crippen LogP) is 3.17. The zero-order valence-electron chi connectivity index (χ0n) is 19.7. The van der Waals surface area contributed by atoms with E-state index in [0.29, 0.717) is 18.0 Å². The van der Waals surface area contributed by atoms with Gasteiger partial charge in [0.25, 0.3) is 5.91 Å². The van der Waals surface area contributed by atoms with Gasteiger partial charge in [0.15, 0.2) is 0 Å². The molecule has 0 bridgehead atoms. The smallest absolute Gasteiger partial charge is 0.251 e. The Morgan fingerprint density at radius 1 is 1.16 bits per heavy atom. The average molecular weight is 439 g/mol. The first-order chi connectivity index (χ1) is 15.5. The Morgan fingerprint density at radius 2 is 1.91 bits per heavy atom. The molecule has 0 spiro atoms. The quantitative estimate of drug-likeness (QED) is 0.533. The molecule has 6 nitrogen and oxygen atoms in total. The molecule has 0 aromatic heterocycles. The lowest BCUT2D eigenvalue weighted by molar-refractivity contribution is -0.133. The van der Waals surface area contributed by atoms with Crippen molar-refractivity contribution in [2.24, 2.45) is 5.92 Å². The third-order valence-electron chi connectivity index (χ3n) is 6.63. The van der Waals surface area contributed by atoms with Crippen LogP contribution in [0.25, 0.3) is 10.8 Å². The fourth-order valence-electron chi connectivity index (χ4n) is 4.43. The van der Waals surface area contributed by atoms with Crippen molar-refractivity contribution in [1.29, 1.82) is 0 Å². The molecule has 1 aliphatic rings. The number of carbonyl (C=O) groups is 2. The Labute approximate surface area is 192 Å². The highest BCUT2D eigenvalue weighted by Crippen LogP contribution is 2.17. The summed E-state index contributed by atoms with van der Waals surface area (Å²) in [6.07, 6.45) is 3.74. The minimum Gasteiger partial charge on any atom is -0.350 e. The number of rotatable bonds is 10. The lowest BCUT2D eigenvalue weighted by Gasteiger charge is -2.28. The first-order valence-corrected chi connectivity index (χ1v) is 12.0. The van der Waals surface area contributed by atoms with E-state index < -0.39 is 0 Å². The third kappa shape index (κ3) is 6.30. The number of benzene rings is 2. The van der Waals surface area contributed by atoms with Crippen LogP contribution in [0.15, 0.2) is 42.5 Å². The van der Waals surface area contributed by atoms with E-state index in [1.807, 2.05) is 54.4 Å². The summed E-state index contributed by atoms with van der Waals surface area (Å²) >= 11 is 0. The van der Waals surface area contributed by atoms with Crippen molar-refractivity contribution in [3.8, 4) is 0 Å². The molecule has 3 N–H and O–H groups in total. The fraction of sp³-hybridized carbons (Fsp3) is 0.538. The maximum Gasteiger partial charge on any atom is 0.251 e. The number of fused-ring (bicyclic) bond motifs is 1. The van der Waals surface area contributed by atoms with E-state index in [0.717, 1.165) is 56.1 Å². The van der Waals surface area contributed by atoms with Crippen LogP contribution in [0.3, 0.4) is 0 Å². The van der Waals surface area contributed by atoms with Gasteiger partial charge in [0.05, 0.1) is 6.04 Å². The molecular formula is C26H38N4O2. The second-order valence-electron chi connectivity index (χ2n) is 8.84. The van der Waals surface area contributed by atoms with E-state index in [-0.39, 0.29) is 23.9 Å². The van der Waals surface area contributed by atoms with Crippen LogP contribution in [0.4, 0.5) is 0 Å². The number of carbonyl (C=O) groups excluding carboxylic acids is 2. The van der Waals surface area contributed by atoms with Crippen LogP contribution in [-0.4, -0.2) is 62.0 Å². The molecule has 2 aromatic rings. The van der Waals surface area contributed by atoms with Crippen LogP contribution in [0.1, 0.15) is 49.9 Å². The maximum absolute atomic E-state index is 13.2. The highest BCUT2D eigenvalue weighted by Gasteiger charge is 2.31. The molecule has 174 valence electrons. The van der Waals surface area contributed by atoms with E-state index in [4.69, 9.17) is 0 Å². The van der Waals surface area contributed by atoms with Crippen molar-refractivity contribution in [1.82, 2.24) is 20.9 Å². The van der Waals surface area contributed by atoms with Gasteiger partial charge in [-0.1, -0.05) is 57.0 Å². The number of hydrogen-bond donors (Lipinski definition) is 3. The molecule has 0 aliphatic carbocycles. The zero-order chi connectivity index (χ0) is 22.9. The number of amides is 2. The van der Waals surface area contributed by atoms with Gasteiger partial charge in [-0.25, -0.2) is 0 Å². The standard InChI is InChI=1S/C26H38N4O2/c1-4-19(5-2)18-30-15-13-23(29-24(26(30)32)12-14-27-3)17-28-25(31)22-11-10-20-8-6-7-9-21(20)16-22/h6-11,16,19,23-24,27,29H,4-5,12-15,17-18H2,1-3H3,(H,28,31). The maximum atomic E-state index is 13.2. The van der Waals surface area contributed by atoms with E-state index in [1.54, 1.807) is 0 Å². The molecule has 1 heterocycles. The summed E-state index contributed by atoms with van der Waals surface area (Å²) in [4.78, 5) is 28.0. The third-order valence-corrected chi connectivity index (χ3v) is 6.63. The molecule has 0 saturated carbocycles. The second kappa shape index (κ2) is 12.0. The van der Waals surface area contributed by atoms with Gasteiger partial charge in [-0.05, 0) is 55.3 Å². The monoisotopic (exact) mass is 438 g/mol. The molecule has 2 aromatic carbocycles. The highest BCUT2D eigenvalue weighted by molar-refractivity contribution is 5.98. The summed E-state index contributed by atoms with van der Waals surface area (Å²) in [5.41, 5.74) is 0.662. The van der Waals surface area contributed by atoms with Crippen molar-refractivity contribution in [2.45, 2.75) is 51.6 Å². The number of hydrogen-bond acceptors (Lipinski definition) is 4. The first-order valence-electron chi connectivity index (χ1n) is 12.0. The van der Waals surface area contributed by atoms with Gasteiger partial charge in [0.1, 0.15) is 0 Å². The molecule has 3 rings (SSSR count). The summed E-state index contributed by atoms with van der Waals surface area (Å²) in [5.74, 6) is 0.650. The Bertz CT molecular complexity index is 896. The SMILES string of the molecule is CCC(CC)CN1CCC(CNC(=O)c2ccc3ccccc3c2)NC(CCNC)C1=O. The van der Waals surface area contributed by atoms with Crippen molar-refractivity contribution < 1.29 is 9.59 Å². The van der Waals surface area contributed by atoms with Crippen molar-refractivity contribution in [2.75, 3.05) is 33.2 Å². The Morgan fingerprint density at radius 3 is 2.62 bits per heavy atom. The van der Waals surface area contributed by atoms with Crippen LogP contribution in [-0.2, 0) is 4.79 Å². The molecule has 1 saturated heterocycles. The zero-order valence-corrected chi connectivity index (χ0v) is 19.7. The van der Waals surface area contributed by atoms with Crippen molar-refractivity contribution in [3.05, 3.63) is 48.0 Å². The van der Waals surface area contributed by atoms with E-state index >= 15 is 0 Å². The fourth-order valence-corrected chi connectivity index (χ4v) is 4.43. The van der Waals surface area contributed by atoms with Gasteiger partial charge in [0.2, 0.25) is 5.91 Å². The van der Waals surface area contributed by atoms with Crippen molar-refractivity contribution >= 4 is 22.6 Å². The Hall–Kier alpha value is -2.44. The van der Waals surface area contributed by atoms with Crippen LogP contribution < -0.4 is 16.0 Å². The minimum absolute atomic E-state index is 0.0666. The average Bonchev–Trinajstić information content (AvgIpc) is 2.97. The van der Waals surface area contributed by atoms with E-state index in [2.05, 4.69) is 29.8 Å². The molecule has 1 fully saturated rings. The van der Waals surface area contributed by atoms with Crippen LogP contribution in [0.2, 0.25) is 0 Å². The van der Waals surface area contributed by atoms with Crippen molar-refractivity contribution in [3.63, 3.8) is 0 Å². The topological polar surface area (TPSA) is 73.5 Å². The van der Waals surface area contributed by atoms with Gasteiger partial charge in [-0.15, -0.1) is 0 Å².